The van der Waals surface area contributed by atoms with E-state index in [0.29, 0.717) is 35.5 Å². The van der Waals surface area contributed by atoms with E-state index < -0.39 is 47.5 Å². The lowest BCUT2D eigenvalue weighted by Crippen LogP contribution is -2.54. The van der Waals surface area contributed by atoms with Crippen molar-refractivity contribution in [3.63, 3.8) is 0 Å². The van der Waals surface area contributed by atoms with Crippen molar-refractivity contribution < 1.29 is 43.2 Å². The predicted octanol–water partition coefficient (Wildman–Crippen LogP) is 0.824. The lowest BCUT2D eigenvalue weighted by Gasteiger charge is -2.29. The number of benzene rings is 2. The number of carbonyl (C=O) groups excluding carboxylic acids is 9. The summed E-state index contributed by atoms with van der Waals surface area (Å²) in [7, 11) is 0. The first kappa shape index (κ1) is 34.9. The number of amides is 9. The van der Waals surface area contributed by atoms with E-state index in [1.165, 1.54) is 23.1 Å². The molecule has 4 N–H and O–H groups in total. The second-order valence-corrected chi connectivity index (χ2v) is 13.2. The van der Waals surface area contributed by atoms with Crippen molar-refractivity contribution >= 4 is 70.8 Å². The summed E-state index contributed by atoms with van der Waals surface area (Å²) in [5.74, 6) is -4.70. The van der Waals surface area contributed by atoms with E-state index in [9.17, 15) is 43.2 Å². The highest BCUT2D eigenvalue weighted by Gasteiger charge is 2.46. The fraction of sp³-hybridized carbons (Fsp3) is 0.333. The van der Waals surface area contributed by atoms with Gasteiger partial charge in [-0.05, 0) is 43.5 Å². The van der Waals surface area contributed by atoms with E-state index in [1.54, 1.807) is 35.5 Å². The molecule has 17 nitrogen and oxygen atoms in total. The summed E-state index contributed by atoms with van der Waals surface area (Å²) in [4.78, 5) is 123. The average Bonchev–Trinajstić information content (AvgIpc) is 3.46. The maximum atomic E-state index is 13.4. The minimum atomic E-state index is -1.14. The van der Waals surface area contributed by atoms with E-state index in [1.807, 2.05) is 0 Å². The fourth-order valence-electron chi connectivity index (χ4n) is 7.12. The molecule has 0 spiro atoms. The highest BCUT2D eigenvalue weighted by atomic mass is 16.2. The van der Waals surface area contributed by atoms with Gasteiger partial charge in [-0.2, -0.15) is 0 Å². The first-order chi connectivity index (χ1) is 25.5. The molecule has 5 aliphatic heterocycles. The Morgan fingerprint density at radius 2 is 1.43 bits per heavy atom. The Morgan fingerprint density at radius 3 is 2.15 bits per heavy atom. The number of hydrogen-bond acceptors (Lipinski definition) is 11. The molecular formula is C36H34N8O9. The number of nitrogens with one attached hydrogen (secondary N) is 4. The smallest absolute Gasteiger partial charge is 0.264 e. The van der Waals surface area contributed by atoms with Gasteiger partial charge < -0.3 is 20.4 Å². The van der Waals surface area contributed by atoms with E-state index in [0.717, 1.165) is 4.90 Å². The summed E-state index contributed by atoms with van der Waals surface area (Å²) >= 11 is 0. The Morgan fingerprint density at radius 1 is 0.774 bits per heavy atom. The van der Waals surface area contributed by atoms with Crippen LogP contribution in [-0.2, 0) is 35.3 Å². The number of carbonyl (C=O) groups is 9. The van der Waals surface area contributed by atoms with Crippen LogP contribution in [0.2, 0.25) is 0 Å². The molecule has 0 radical (unpaired) electrons. The number of hydrogen-bond donors (Lipinski definition) is 4. The van der Waals surface area contributed by atoms with Gasteiger partial charge in [0.15, 0.2) is 0 Å². The summed E-state index contributed by atoms with van der Waals surface area (Å²) in [5, 5.41) is 10.0. The van der Waals surface area contributed by atoms with Crippen LogP contribution in [0.5, 0.6) is 0 Å². The van der Waals surface area contributed by atoms with Gasteiger partial charge in [0.2, 0.25) is 35.4 Å². The first-order valence-corrected chi connectivity index (χ1v) is 17.2. The van der Waals surface area contributed by atoms with Crippen LogP contribution in [0.3, 0.4) is 0 Å². The third-order valence-electron chi connectivity index (χ3n) is 9.69. The number of aliphatic imine (C=N–C) groups is 1. The number of piperidine rings is 2. The zero-order chi connectivity index (χ0) is 37.4. The highest BCUT2D eigenvalue weighted by Crippen LogP contribution is 2.34. The number of nitrogens with zero attached hydrogens (tertiary/aromatic N) is 4. The number of allylic oxidation sites excluding steroid dienone is 1. The van der Waals surface area contributed by atoms with Gasteiger partial charge in [0, 0.05) is 68.0 Å². The molecule has 2 atom stereocenters. The van der Waals surface area contributed by atoms with Crippen LogP contribution in [0.4, 0.5) is 11.4 Å². The largest absolute Gasteiger partial charge is 0.366 e. The van der Waals surface area contributed by atoms with Crippen LogP contribution in [-0.4, -0.2) is 99.3 Å². The molecule has 7 rings (SSSR count). The lowest BCUT2D eigenvalue weighted by atomic mass is 10.0. The van der Waals surface area contributed by atoms with Gasteiger partial charge in [0.05, 0.1) is 29.1 Å². The van der Waals surface area contributed by atoms with Crippen molar-refractivity contribution in [1.82, 2.24) is 25.3 Å². The van der Waals surface area contributed by atoms with Crippen LogP contribution in [0.1, 0.15) is 81.6 Å². The quantitative estimate of drug-likeness (QED) is 0.267. The zero-order valence-corrected chi connectivity index (χ0v) is 28.3. The molecule has 2 unspecified atom stereocenters. The van der Waals surface area contributed by atoms with Crippen molar-refractivity contribution in [3.8, 4) is 0 Å². The fourth-order valence-corrected chi connectivity index (χ4v) is 7.12. The number of fused-ring (bicyclic) bond motifs is 2. The highest BCUT2D eigenvalue weighted by molar-refractivity contribution is 6.26. The Balaban J connectivity index is 0.960. The number of anilines is 2. The maximum Gasteiger partial charge on any atom is 0.264 e. The van der Waals surface area contributed by atoms with E-state index in [-0.39, 0.29) is 86.2 Å². The minimum absolute atomic E-state index is 0.00560. The SMILES string of the molecule is O=C1CCC(N2Cc3c(NC(=O)CCC4=CN(CC(=O)Nc5cccc6c5C(=O)N(C5CCC(=O)NC5=O)C6=O)CCC=N4)cccc3C2=O)C(=O)N1. The molecular weight excluding hydrogens is 688 g/mol. The van der Waals surface area contributed by atoms with Crippen LogP contribution in [0, 0.1) is 0 Å². The predicted molar refractivity (Wildman–Crippen MR) is 185 cm³/mol. The van der Waals surface area contributed by atoms with Crippen LogP contribution < -0.4 is 21.3 Å². The minimum Gasteiger partial charge on any atom is -0.366 e. The Labute approximate surface area is 301 Å². The monoisotopic (exact) mass is 722 g/mol. The van der Waals surface area contributed by atoms with Crippen molar-refractivity contribution in [1.29, 1.82) is 0 Å². The van der Waals surface area contributed by atoms with Crippen LogP contribution in [0.25, 0.3) is 0 Å². The first-order valence-electron chi connectivity index (χ1n) is 17.2. The van der Waals surface area contributed by atoms with Crippen molar-refractivity contribution in [3.05, 3.63) is 70.5 Å². The average molecular weight is 723 g/mol. The van der Waals surface area contributed by atoms with Gasteiger partial charge in [0.1, 0.15) is 12.1 Å². The molecule has 5 heterocycles. The zero-order valence-electron chi connectivity index (χ0n) is 28.3. The molecule has 2 saturated heterocycles. The summed E-state index contributed by atoms with van der Waals surface area (Å²) in [6.07, 6.45) is 4.50. The topological polar surface area (TPSA) is 224 Å². The van der Waals surface area contributed by atoms with Crippen molar-refractivity contribution in [2.75, 3.05) is 23.7 Å². The summed E-state index contributed by atoms with van der Waals surface area (Å²) < 4.78 is 0. The normalized spacial score (nSPS) is 21.2. The maximum absolute atomic E-state index is 13.4. The molecule has 272 valence electrons. The molecule has 2 aromatic carbocycles. The second-order valence-electron chi connectivity index (χ2n) is 13.2. The number of rotatable bonds is 9. The summed E-state index contributed by atoms with van der Waals surface area (Å²) in [6, 6.07) is 7.49. The van der Waals surface area contributed by atoms with Gasteiger partial charge >= 0.3 is 0 Å². The molecule has 9 amide bonds. The molecule has 5 aliphatic rings. The third kappa shape index (κ3) is 6.92. The van der Waals surface area contributed by atoms with Crippen LogP contribution >= 0.6 is 0 Å². The third-order valence-corrected chi connectivity index (χ3v) is 9.69. The summed E-state index contributed by atoms with van der Waals surface area (Å²) in [5.41, 5.74) is 2.07. The molecule has 0 aliphatic carbocycles. The Hall–Kier alpha value is -6.52. The van der Waals surface area contributed by atoms with E-state index in [4.69, 9.17) is 0 Å². The van der Waals surface area contributed by atoms with Gasteiger partial charge in [0.25, 0.3) is 17.7 Å². The Kier molecular flexibility index (Phi) is 9.38. The van der Waals surface area contributed by atoms with Gasteiger partial charge in [-0.3, -0.25) is 63.7 Å². The molecule has 0 bridgehead atoms. The molecule has 17 heteroatoms. The number of imide groups is 3. The van der Waals surface area contributed by atoms with Gasteiger partial charge in [-0.25, -0.2) is 0 Å². The second kappa shape index (κ2) is 14.2. The van der Waals surface area contributed by atoms with Gasteiger partial charge in [-0.1, -0.05) is 12.1 Å². The van der Waals surface area contributed by atoms with Crippen molar-refractivity contribution in [2.45, 2.75) is 63.6 Å². The Bertz CT molecular complexity index is 2070. The molecule has 2 aromatic rings. The standard InChI is InChI=1S/C36H34N8O9/c45-27(38-23-6-1-4-20-22(23)17-43(34(20)51)25-9-12-28(46)40-32(25)49)11-8-19-16-42(15-3-14-37-19)18-30(48)39-24-7-2-5-21-31(24)36(53)44(35(21)52)26-10-13-29(47)41-33(26)50/h1-2,4-7,14,16,25-26H,3,8-13,15,17-18H2,(H,38,45)(H,39,48)(H,40,46,49)(H,41,47,50). The van der Waals surface area contributed by atoms with E-state index >= 15 is 0 Å². The molecule has 53 heavy (non-hydrogen) atoms. The van der Waals surface area contributed by atoms with Gasteiger partial charge in [-0.15, -0.1) is 0 Å². The molecule has 2 fully saturated rings. The van der Waals surface area contributed by atoms with Crippen molar-refractivity contribution in [2.24, 2.45) is 4.99 Å². The lowest BCUT2D eigenvalue weighted by molar-refractivity contribution is -0.138. The summed E-state index contributed by atoms with van der Waals surface area (Å²) in [6.45, 7) is 0.418. The van der Waals surface area contributed by atoms with E-state index in [2.05, 4.69) is 26.3 Å². The van der Waals surface area contributed by atoms with Crippen LogP contribution in [0.15, 0.2) is 53.3 Å². The molecule has 0 saturated carbocycles. The molecule has 0 aromatic heterocycles.